The Morgan fingerprint density at radius 3 is 2.53 bits per heavy atom. The number of aryl methyl sites for hydroxylation is 1. The molecule has 0 bridgehead atoms. The molecule has 4 atom stereocenters. The van der Waals surface area contributed by atoms with Crippen molar-refractivity contribution in [2.45, 2.75) is 38.8 Å². The van der Waals surface area contributed by atoms with E-state index in [1.54, 1.807) is 11.9 Å². The normalized spacial score (nSPS) is 23.3. The van der Waals surface area contributed by atoms with Gasteiger partial charge in [0.05, 0.1) is 36.5 Å². The number of hydrogen-bond donors (Lipinski definition) is 4. The second-order valence-electron chi connectivity index (χ2n) is 8.50. The number of ketones is 1. The number of fused-ring (bicyclic) bond motifs is 1. The molecule has 0 radical (unpaired) electrons. The maximum absolute atomic E-state index is 12.4. The van der Waals surface area contributed by atoms with Gasteiger partial charge in [-0.05, 0) is 26.0 Å². The Morgan fingerprint density at radius 2 is 1.94 bits per heavy atom. The lowest BCUT2D eigenvalue weighted by Crippen LogP contribution is -2.63. The van der Waals surface area contributed by atoms with E-state index in [1.165, 1.54) is 11.8 Å². The zero-order valence-corrected chi connectivity index (χ0v) is 18.1. The van der Waals surface area contributed by atoms with E-state index >= 15 is 0 Å². The van der Waals surface area contributed by atoms with Crippen molar-refractivity contribution >= 4 is 17.7 Å². The summed E-state index contributed by atoms with van der Waals surface area (Å²) in [5.41, 5.74) is -0.0434. The number of aliphatic hydroxyl groups is 1. The summed E-state index contributed by atoms with van der Waals surface area (Å²) < 4.78 is 0.595. The lowest BCUT2D eigenvalue weighted by atomic mass is 9.77. The number of β-lactam (4-membered cyclic amide) rings is 1. The number of carbonyl (C=O) groups is 3. The highest BCUT2D eigenvalue weighted by atomic mass is 16.5. The van der Waals surface area contributed by atoms with Crippen molar-refractivity contribution in [2.75, 3.05) is 20.1 Å². The molecular formula is C21H27N3O8. The molecule has 1 aromatic heterocycles. The molecule has 11 heteroatoms. The lowest BCUT2D eigenvalue weighted by molar-refractivity contribution is -0.163. The smallest absolute Gasteiger partial charge is 0.352 e. The Labute approximate surface area is 183 Å². The van der Waals surface area contributed by atoms with Crippen LogP contribution in [0.1, 0.15) is 26.0 Å². The monoisotopic (exact) mass is 449 g/mol. The van der Waals surface area contributed by atoms with Gasteiger partial charge >= 0.3 is 5.97 Å². The first-order valence-electron chi connectivity index (χ1n) is 10.3. The minimum Gasteiger partial charge on any atom is -0.503 e. The molecule has 1 fully saturated rings. The number of aliphatic carboxylic acids is 1. The average Bonchev–Trinajstić information content (AvgIpc) is 2.92. The summed E-state index contributed by atoms with van der Waals surface area (Å²) in [6.07, 6.45) is 0.0794. The van der Waals surface area contributed by atoms with Crippen LogP contribution in [0.25, 0.3) is 0 Å². The molecule has 0 saturated carbocycles. The largest absolute Gasteiger partial charge is 0.503 e. The summed E-state index contributed by atoms with van der Waals surface area (Å²) in [5.74, 6) is -3.36. The fourth-order valence-corrected chi connectivity index (χ4v) is 4.59. The standard InChI is InChI=1S/C21H27N3O8/c1-10-14(19(21(30)31)24-18(10)17(11(2)25)20(24)29)8-22(3)7-13(26)5-4-12-6-15(27)16(28)9-23(12)32/h6,9-11,17-18,25,28,32H,4-5,7-8H2,1-3H3,(H,30,31)/t10-,11+,17+,18+/m0/s1. The maximum atomic E-state index is 12.4. The SMILES string of the molecule is C[C@@H](O)[C@H]1C(=O)N2C(C(=O)O)=C(CN(C)CC(=O)CCc3cc(=O)c(O)cn3O)[C@H](C)[C@H]12. The molecule has 3 heterocycles. The highest BCUT2D eigenvalue weighted by Gasteiger charge is 2.59. The second-order valence-corrected chi connectivity index (χ2v) is 8.50. The van der Waals surface area contributed by atoms with E-state index in [4.69, 9.17) is 0 Å². The zero-order chi connectivity index (χ0) is 23.9. The van der Waals surface area contributed by atoms with Crippen LogP contribution in [0.15, 0.2) is 28.3 Å². The number of nitrogens with zero attached hydrogens (tertiary/aromatic N) is 3. The predicted molar refractivity (Wildman–Crippen MR) is 110 cm³/mol. The summed E-state index contributed by atoms with van der Waals surface area (Å²) in [4.78, 5) is 51.0. The molecular weight excluding hydrogens is 422 g/mol. The van der Waals surface area contributed by atoms with Crippen LogP contribution in [-0.2, 0) is 20.8 Å². The fraction of sp³-hybridized carbons (Fsp3) is 0.524. The van der Waals surface area contributed by atoms with Crippen LogP contribution in [0, 0.1) is 11.8 Å². The van der Waals surface area contributed by atoms with Crippen molar-refractivity contribution in [3.05, 3.63) is 39.5 Å². The number of hydrogen-bond acceptors (Lipinski definition) is 8. The number of rotatable bonds is 9. The van der Waals surface area contributed by atoms with E-state index in [0.29, 0.717) is 10.3 Å². The molecule has 2 aliphatic heterocycles. The van der Waals surface area contributed by atoms with Crippen LogP contribution in [-0.4, -0.2) is 85.0 Å². The first kappa shape index (κ1) is 23.5. The van der Waals surface area contributed by atoms with Crippen LogP contribution in [0.2, 0.25) is 0 Å². The van der Waals surface area contributed by atoms with Gasteiger partial charge in [0.15, 0.2) is 5.75 Å². The number of pyridine rings is 1. The van der Waals surface area contributed by atoms with Crippen molar-refractivity contribution in [1.29, 1.82) is 0 Å². The minimum atomic E-state index is -1.22. The van der Waals surface area contributed by atoms with Gasteiger partial charge in [-0.2, -0.15) is 4.73 Å². The number of carbonyl (C=O) groups excluding carboxylic acids is 2. The first-order chi connectivity index (χ1) is 14.9. The Bertz CT molecular complexity index is 1040. The third-order valence-electron chi connectivity index (χ3n) is 6.15. The molecule has 11 nitrogen and oxygen atoms in total. The van der Waals surface area contributed by atoms with E-state index < -0.39 is 41.1 Å². The third-order valence-corrected chi connectivity index (χ3v) is 6.15. The van der Waals surface area contributed by atoms with E-state index in [9.17, 15) is 39.7 Å². The quantitative estimate of drug-likeness (QED) is 0.286. The molecule has 174 valence electrons. The minimum absolute atomic E-state index is 0.00465. The number of aromatic hydroxyl groups is 1. The fourth-order valence-electron chi connectivity index (χ4n) is 4.59. The van der Waals surface area contributed by atoms with Crippen LogP contribution in [0.4, 0.5) is 0 Å². The van der Waals surface area contributed by atoms with Gasteiger partial charge in [-0.25, -0.2) is 4.79 Å². The van der Waals surface area contributed by atoms with Crippen molar-refractivity contribution in [3.63, 3.8) is 0 Å². The number of aliphatic hydroxyl groups excluding tert-OH is 1. The van der Waals surface area contributed by atoms with Crippen LogP contribution in [0.5, 0.6) is 5.75 Å². The summed E-state index contributed by atoms with van der Waals surface area (Å²) >= 11 is 0. The van der Waals surface area contributed by atoms with Gasteiger partial charge in [-0.15, -0.1) is 0 Å². The maximum Gasteiger partial charge on any atom is 0.352 e. The Hall–Kier alpha value is -3.18. The van der Waals surface area contributed by atoms with Crippen LogP contribution in [0.3, 0.4) is 0 Å². The predicted octanol–water partition coefficient (Wildman–Crippen LogP) is -0.579. The van der Waals surface area contributed by atoms with Gasteiger partial charge in [0.1, 0.15) is 11.5 Å². The molecule has 0 unspecified atom stereocenters. The zero-order valence-electron chi connectivity index (χ0n) is 18.1. The molecule has 1 aromatic rings. The lowest BCUT2D eigenvalue weighted by Gasteiger charge is -2.46. The van der Waals surface area contributed by atoms with Crippen molar-refractivity contribution < 1.29 is 34.9 Å². The number of Topliss-reactive ketones (excluding diaryl/α,β-unsaturated/α-hetero) is 1. The van der Waals surface area contributed by atoms with Gasteiger partial charge in [-0.3, -0.25) is 19.3 Å². The van der Waals surface area contributed by atoms with Gasteiger partial charge < -0.3 is 25.4 Å². The summed E-state index contributed by atoms with van der Waals surface area (Å²) in [7, 11) is 1.66. The topological polar surface area (TPSA) is 161 Å². The van der Waals surface area contributed by atoms with E-state index in [-0.39, 0.29) is 49.0 Å². The number of amides is 1. The van der Waals surface area contributed by atoms with Crippen molar-refractivity contribution in [2.24, 2.45) is 11.8 Å². The van der Waals surface area contributed by atoms with E-state index in [1.807, 2.05) is 6.92 Å². The number of likely N-dealkylation sites (N-methyl/N-ethyl adjacent to an activating group) is 1. The second kappa shape index (κ2) is 8.75. The Balaban J connectivity index is 1.65. The number of carboxylic acids is 1. The highest BCUT2D eigenvalue weighted by molar-refractivity contribution is 6.00. The molecule has 0 aliphatic carbocycles. The van der Waals surface area contributed by atoms with Gasteiger partial charge in [0.2, 0.25) is 11.3 Å². The Morgan fingerprint density at radius 1 is 1.28 bits per heavy atom. The van der Waals surface area contributed by atoms with Crippen LogP contribution >= 0.6 is 0 Å². The summed E-state index contributed by atoms with van der Waals surface area (Å²) in [6, 6.07) is 0.638. The molecule has 2 aliphatic rings. The highest BCUT2D eigenvalue weighted by Crippen LogP contribution is 2.47. The summed E-state index contributed by atoms with van der Waals surface area (Å²) in [6.45, 7) is 3.47. The van der Waals surface area contributed by atoms with E-state index in [2.05, 4.69) is 0 Å². The molecule has 3 rings (SSSR count). The summed E-state index contributed by atoms with van der Waals surface area (Å²) in [5, 5.41) is 38.6. The van der Waals surface area contributed by atoms with Gasteiger partial charge in [0, 0.05) is 24.9 Å². The third kappa shape index (κ3) is 4.13. The molecule has 0 aromatic carbocycles. The van der Waals surface area contributed by atoms with Gasteiger partial charge in [-0.1, -0.05) is 6.92 Å². The average molecular weight is 449 g/mol. The number of carboxylic acid groups (broad SMARTS) is 1. The van der Waals surface area contributed by atoms with Crippen molar-refractivity contribution in [3.8, 4) is 5.75 Å². The van der Waals surface area contributed by atoms with Gasteiger partial charge in [0.25, 0.3) is 0 Å². The first-order valence-corrected chi connectivity index (χ1v) is 10.3. The van der Waals surface area contributed by atoms with Crippen LogP contribution < -0.4 is 5.43 Å². The van der Waals surface area contributed by atoms with Crippen molar-refractivity contribution in [1.82, 2.24) is 14.5 Å². The molecule has 4 N–H and O–H groups in total. The Kier molecular flexibility index (Phi) is 6.42. The molecule has 1 amide bonds. The molecule has 32 heavy (non-hydrogen) atoms. The molecule has 1 saturated heterocycles. The number of aromatic nitrogens is 1. The molecule has 0 spiro atoms. The van der Waals surface area contributed by atoms with E-state index in [0.717, 1.165) is 12.3 Å².